The third-order valence-corrected chi connectivity index (χ3v) is 4.34. The fourth-order valence-corrected chi connectivity index (χ4v) is 3.13. The zero-order valence-electron chi connectivity index (χ0n) is 8.79. The summed E-state index contributed by atoms with van der Waals surface area (Å²) in [4.78, 5) is 0. The first-order valence-electron chi connectivity index (χ1n) is 5.47. The summed E-state index contributed by atoms with van der Waals surface area (Å²) in [5.74, 6) is 0.595. The van der Waals surface area contributed by atoms with E-state index >= 15 is 0 Å². The predicted molar refractivity (Wildman–Crippen MR) is 51.5 cm³/mol. The number of hydrogen-bond donors (Lipinski definition) is 1. The van der Waals surface area contributed by atoms with Crippen LogP contribution in [0.4, 0.5) is 0 Å². The van der Waals surface area contributed by atoms with Crippen LogP contribution in [0.25, 0.3) is 0 Å². The fraction of sp³-hybridized carbons (Fsp3) is 1.00. The average Bonchev–Trinajstić information content (AvgIpc) is 2.59. The van der Waals surface area contributed by atoms with Crippen LogP contribution < -0.4 is 0 Å². The van der Waals surface area contributed by atoms with E-state index in [4.69, 9.17) is 4.74 Å². The van der Waals surface area contributed by atoms with Crippen molar-refractivity contribution >= 4 is 0 Å². The van der Waals surface area contributed by atoms with E-state index < -0.39 is 5.60 Å². The molecule has 0 spiro atoms. The van der Waals surface area contributed by atoms with Crippen LogP contribution in [0, 0.1) is 11.8 Å². The SMILES string of the molecule is CCC1(O)[C@H](C)[C@@H]2CC[C@@H](O2)[C@@H]1C. The molecule has 2 bridgehead atoms. The highest BCUT2D eigenvalue weighted by Gasteiger charge is 2.53. The standard InChI is InChI=1S/C11H20O2/c1-4-11(12)7(2)9-5-6-10(13-9)8(11)3/h7-10,12H,4-6H2,1-3H3/t7-,8+,9+,10-,11?. The number of rotatable bonds is 1. The molecule has 2 fully saturated rings. The first kappa shape index (κ1) is 9.47. The first-order valence-corrected chi connectivity index (χ1v) is 5.47. The molecule has 1 N–H and O–H groups in total. The van der Waals surface area contributed by atoms with Crippen LogP contribution in [0.5, 0.6) is 0 Å². The molecule has 76 valence electrons. The molecule has 0 amide bonds. The zero-order chi connectivity index (χ0) is 9.64. The van der Waals surface area contributed by atoms with Gasteiger partial charge in [-0.05, 0) is 19.3 Å². The normalized spacial score (nSPS) is 55.4. The molecule has 0 aromatic carbocycles. The third kappa shape index (κ3) is 1.15. The number of fused-ring (bicyclic) bond motifs is 2. The van der Waals surface area contributed by atoms with Gasteiger partial charge in [0.2, 0.25) is 0 Å². The maximum Gasteiger partial charge on any atom is 0.0745 e. The Labute approximate surface area is 80.3 Å². The lowest BCUT2D eigenvalue weighted by Crippen LogP contribution is -2.54. The Morgan fingerprint density at radius 1 is 1.23 bits per heavy atom. The van der Waals surface area contributed by atoms with E-state index in [0.29, 0.717) is 24.0 Å². The van der Waals surface area contributed by atoms with Crippen LogP contribution >= 0.6 is 0 Å². The van der Waals surface area contributed by atoms with Crippen molar-refractivity contribution < 1.29 is 9.84 Å². The average molecular weight is 184 g/mol. The Morgan fingerprint density at radius 2 is 1.69 bits per heavy atom. The van der Waals surface area contributed by atoms with Gasteiger partial charge in [-0.1, -0.05) is 20.8 Å². The molecular weight excluding hydrogens is 164 g/mol. The van der Waals surface area contributed by atoms with Crippen LogP contribution in [0.3, 0.4) is 0 Å². The van der Waals surface area contributed by atoms with Gasteiger partial charge in [-0.15, -0.1) is 0 Å². The monoisotopic (exact) mass is 184 g/mol. The summed E-state index contributed by atoms with van der Waals surface area (Å²) >= 11 is 0. The van der Waals surface area contributed by atoms with Crippen molar-refractivity contribution in [3.8, 4) is 0 Å². The number of hydrogen-bond acceptors (Lipinski definition) is 2. The maximum absolute atomic E-state index is 10.5. The Morgan fingerprint density at radius 3 is 2.08 bits per heavy atom. The smallest absolute Gasteiger partial charge is 0.0745 e. The molecular formula is C11H20O2. The lowest BCUT2D eigenvalue weighted by molar-refractivity contribution is -0.189. The summed E-state index contributed by atoms with van der Waals surface area (Å²) in [7, 11) is 0. The molecule has 2 nitrogen and oxygen atoms in total. The van der Waals surface area contributed by atoms with Crippen molar-refractivity contribution in [3.63, 3.8) is 0 Å². The van der Waals surface area contributed by atoms with Gasteiger partial charge in [0, 0.05) is 11.8 Å². The molecule has 1 unspecified atom stereocenters. The van der Waals surface area contributed by atoms with Gasteiger partial charge in [0.05, 0.1) is 17.8 Å². The van der Waals surface area contributed by atoms with Gasteiger partial charge in [0.1, 0.15) is 0 Å². The van der Waals surface area contributed by atoms with Crippen molar-refractivity contribution in [2.24, 2.45) is 11.8 Å². The molecule has 5 atom stereocenters. The van der Waals surface area contributed by atoms with Gasteiger partial charge in [0.25, 0.3) is 0 Å². The van der Waals surface area contributed by atoms with Crippen molar-refractivity contribution in [1.82, 2.24) is 0 Å². The highest BCUT2D eigenvalue weighted by Crippen LogP contribution is 2.47. The molecule has 0 aromatic rings. The summed E-state index contributed by atoms with van der Waals surface area (Å²) in [5.41, 5.74) is -0.482. The van der Waals surface area contributed by atoms with Crippen molar-refractivity contribution in [1.29, 1.82) is 0 Å². The van der Waals surface area contributed by atoms with Crippen LogP contribution in [0.1, 0.15) is 40.0 Å². The lowest BCUT2D eigenvalue weighted by Gasteiger charge is -2.46. The minimum atomic E-state index is -0.482. The number of ether oxygens (including phenoxy) is 1. The summed E-state index contributed by atoms with van der Waals surface area (Å²) in [6.45, 7) is 6.34. The van der Waals surface area contributed by atoms with E-state index in [0.717, 1.165) is 19.3 Å². The molecule has 2 aliphatic rings. The van der Waals surface area contributed by atoms with E-state index in [-0.39, 0.29) is 0 Å². The van der Waals surface area contributed by atoms with E-state index in [1.807, 2.05) is 0 Å². The molecule has 2 rings (SSSR count). The van der Waals surface area contributed by atoms with Crippen LogP contribution in [-0.2, 0) is 4.74 Å². The van der Waals surface area contributed by atoms with Crippen LogP contribution in [-0.4, -0.2) is 22.9 Å². The summed E-state index contributed by atoms with van der Waals surface area (Å²) in [6.07, 6.45) is 3.75. The molecule has 2 aliphatic heterocycles. The minimum absolute atomic E-state index is 0.297. The molecule has 2 heteroatoms. The van der Waals surface area contributed by atoms with Crippen LogP contribution in [0.2, 0.25) is 0 Å². The van der Waals surface area contributed by atoms with Crippen molar-refractivity contribution in [2.45, 2.75) is 57.8 Å². The highest BCUT2D eigenvalue weighted by atomic mass is 16.5. The molecule has 2 heterocycles. The Hall–Kier alpha value is -0.0800. The van der Waals surface area contributed by atoms with E-state index in [9.17, 15) is 5.11 Å². The molecule has 0 saturated carbocycles. The zero-order valence-corrected chi connectivity index (χ0v) is 8.79. The third-order valence-electron chi connectivity index (χ3n) is 4.34. The topological polar surface area (TPSA) is 29.5 Å². The molecule has 13 heavy (non-hydrogen) atoms. The fourth-order valence-electron chi connectivity index (χ4n) is 3.13. The molecule has 0 radical (unpaired) electrons. The van der Waals surface area contributed by atoms with Gasteiger partial charge in [-0.25, -0.2) is 0 Å². The number of aliphatic hydroxyl groups is 1. The summed E-state index contributed by atoms with van der Waals surface area (Å²) < 4.78 is 5.86. The van der Waals surface area contributed by atoms with Gasteiger partial charge in [-0.3, -0.25) is 0 Å². The molecule has 0 aliphatic carbocycles. The largest absolute Gasteiger partial charge is 0.389 e. The summed E-state index contributed by atoms with van der Waals surface area (Å²) in [5, 5.41) is 10.5. The molecule has 0 aromatic heterocycles. The van der Waals surface area contributed by atoms with Gasteiger partial charge in [-0.2, -0.15) is 0 Å². The van der Waals surface area contributed by atoms with E-state index in [2.05, 4.69) is 20.8 Å². The Bertz CT molecular complexity index is 186. The van der Waals surface area contributed by atoms with Crippen molar-refractivity contribution in [3.05, 3.63) is 0 Å². The Balaban J connectivity index is 2.27. The van der Waals surface area contributed by atoms with Crippen LogP contribution in [0.15, 0.2) is 0 Å². The van der Waals surface area contributed by atoms with Gasteiger partial charge < -0.3 is 9.84 Å². The van der Waals surface area contributed by atoms with Gasteiger partial charge >= 0.3 is 0 Å². The quantitative estimate of drug-likeness (QED) is 0.675. The lowest BCUT2D eigenvalue weighted by atomic mass is 9.72. The Kier molecular flexibility index (Phi) is 2.16. The second-order valence-corrected chi connectivity index (χ2v) is 4.71. The van der Waals surface area contributed by atoms with E-state index in [1.165, 1.54) is 0 Å². The maximum atomic E-state index is 10.5. The predicted octanol–water partition coefficient (Wildman–Crippen LogP) is 1.96. The molecule has 2 saturated heterocycles. The second-order valence-electron chi connectivity index (χ2n) is 4.71. The highest BCUT2D eigenvalue weighted by molar-refractivity contribution is 5.02. The second kappa shape index (κ2) is 2.96. The minimum Gasteiger partial charge on any atom is -0.389 e. The summed E-state index contributed by atoms with van der Waals surface area (Å²) in [6, 6.07) is 0. The van der Waals surface area contributed by atoms with E-state index in [1.54, 1.807) is 0 Å². The van der Waals surface area contributed by atoms with Gasteiger partial charge in [0.15, 0.2) is 0 Å². The first-order chi connectivity index (χ1) is 6.09. The van der Waals surface area contributed by atoms with Crippen molar-refractivity contribution in [2.75, 3.05) is 0 Å².